The van der Waals surface area contributed by atoms with Crippen LogP contribution < -0.4 is 0 Å². The molecule has 0 saturated heterocycles. The lowest BCUT2D eigenvalue weighted by Gasteiger charge is -2.13. The van der Waals surface area contributed by atoms with Crippen LogP contribution in [0.2, 0.25) is 5.02 Å². The Kier molecular flexibility index (Phi) is 4.45. The van der Waals surface area contributed by atoms with Gasteiger partial charge in [0, 0.05) is 16.1 Å². The zero-order valence-corrected chi connectivity index (χ0v) is 13.9. The van der Waals surface area contributed by atoms with Gasteiger partial charge in [0.05, 0.1) is 10.4 Å². The van der Waals surface area contributed by atoms with Gasteiger partial charge in [-0.25, -0.2) is 0 Å². The van der Waals surface area contributed by atoms with Gasteiger partial charge in [-0.2, -0.15) is 0 Å². The molecular formula is C12H12Br2ClN3. The van der Waals surface area contributed by atoms with E-state index in [9.17, 15) is 0 Å². The Morgan fingerprint density at radius 1 is 1.33 bits per heavy atom. The molecule has 6 heteroatoms. The van der Waals surface area contributed by atoms with Crippen molar-refractivity contribution in [3.63, 3.8) is 0 Å². The predicted molar refractivity (Wildman–Crippen MR) is 81.2 cm³/mol. The lowest BCUT2D eigenvalue weighted by atomic mass is 10.2. The van der Waals surface area contributed by atoms with Gasteiger partial charge in [0.2, 0.25) is 0 Å². The van der Waals surface area contributed by atoms with Crippen LogP contribution in [0.25, 0.3) is 11.4 Å². The highest BCUT2D eigenvalue weighted by molar-refractivity contribution is 9.10. The van der Waals surface area contributed by atoms with Gasteiger partial charge < -0.3 is 4.57 Å². The van der Waals surface area contributed by atoms with Gasteiger partial charge in [0.15, 0.2) is 5.82 Å². The largest absolute Gasteiger partial charge is 0.308 e. The van der Waals surface area contributed by atoms with Crippen LogP contribution in [0.4, 0.5) is 0 Å². The molecule has 0 radical (unpaired) electrons. The van der Waals surface area contributed by atoms with E-state index in [0.717, 1.165) is 21.7 Å². The Bertz CT molecular complexity index is 566. The highest BCUT2D eigenvalue weighted by Gasteiger charge is 2.17. The molecule has 1 heterocycles. The molecule has 0 fully saturated rings. The average molecular weight is 394 g/mol. The van der Waals surface area contributed by atoms with Gasteiger partial charge in [-0.3, -0.25) is 0 Å². The SMILES string of the molecule is CC(C)n1c(CBr)nnc1-c1ccc(Br)cc1Cl. The first-order chi connectivity index (χ1) is 8.54. The van der Waals surface area contributed by atoms with Gasteiger partial charge >= 0.3 is 0 Å². The predicted octanol–water partition coefficient (Wildman–Crippen LogP) is 4.84. The first kappa shape index (κ1) is 14.0. The van der Waals surface area contributed by atoms with Crippen LogP contribution >= 0.6 is 43.5 Å². The molecule has 18 heavy (non-hydrogen) atoms. The number of rotatable bonds is 3. The number of hydrogen-bond donors (Lipinski definition) is 0. The maximum Gasteiger partial charge on any atom is 0.165 e. The van der Waals surface area contributed by atoms with Crippen molar-refractivity contribution in [2.24, 2.45) is 0 Å². The second-order valence-electron chi connectivity index (χ2n) is 4.16. The van der Waals surface area contributed by atoms with Crippen LogP contribution in [0.3, 0.4) is 0 Å². The van der Waals surface area contributed by atoms with Crippen molar-refractivity contribution in [1.29, 1.82) is 0 Å². The highest BCUT2D eigenvalue weighted by Crippen LogP contribution is 2.31. The first-order valence-corrected chi connectivity index (χ1v) is 7.79. The Morgan fingerprint density at radius 3 is 2.61 bits per heavy atom. The van der Waals surface area contributed by atoms with Gasteiger partial charge in [0.1, 0.15) is 5.82 Å². The minimum Gasteiger partial charge on any atom is -0.308 e. The summed E-state index contributed by atoms with van der Waals surface area (Å²) < 4.78 is 3.04. The molecule has 2 rings (SSSR count). The van der Waals surface area contributed by atoms with Gasteiger partial charge in [-0.05, 0) is 32.0 Å². The third-order valence-electron chi connectivity index (χ3n) is 2.57. The molecule has 0 saturated carbocycles. The lowest BCUT2D eigenvalue weighted by Crippen LogP contribution is -2.07. The molecule has 0 spiro atoms. The topological polar surface area (TPSA) is 30.7 Å². The van der Waals surface area contributed by atoms with E-state index in [2.05, 4.69) is 60.5 Å². The molecule has 3 nitrogen and oxygen atoms in total. The summed E-state index contributed by atoms with van der Waals surface area (Å²) in [5.41, 5.74) is 0.897. The zero-order chi connectivity index (χ0) is 13.3. The van der Waals surface area contributed by atoms with E-state index in [4.69, 9.17) is 11.6 Å². The van der Waals surface area contributed by atoms with Crippen LogP contribution in [0.15, 0.2) is 22.7 Å². The van der Waals surface area contributed by atoms with E-state index in [1.54, 1.807) is 0 Å². The molecule has 0 bridgehead atoms. The molecule has 0 aliphatic rings. The molecule has 0 atom stereocenters. The summed E-state index contributed by atoms with van der Waals surface area (Å²) >= 11 is 13.1. The van der Waals surface area contributed by atoms with Gasteiger partial charge in [0.25, 0.3) is 0 Å². The van der Waals surface area contributed by atoms with Crippen molar-refractivity contribution in [3.8, 4) is 11.4 Å². The Hall–Kier alpha value is -0.390. The van der Waals surface area contributed by atoms with Crippen molar-refractivity contribution < 1.29 is 0 Å². The summed E-state index contributed by atoms with van der Waals surface area (Å²) in [6, 6.07) is 6.05. The molecule has 0 aliphatic carbocycles. The smallest absolute Gasteiger partial charge is 0.165 e. The summed E-state index contributed by atoms with van der Waals surface area (Å²) in [5, 5.41) is 9.78. The number of benzene rings is 1. The quantitative estimate of drug-likeness (QED) is 0.699. The summed E-state index contributed by atoms with van der Waals surface area (Å²) in [7, 11) is 0. The van der Waals surface area contributed by atoms with Gasteiger partial charge in [-0.1, -0.05) is 43.5 Å². The number of aromatic nitrogens is 3. The summed E-state index contributed by atoms with van der Waals surface area (Å²) in [4.78, 5) is 0. The molecule has 2 aromatic rings. The fraction of sp³-hybridized carbons (Fsp3) is 0.333. The molecule has 0 N–H and O–H groups in total. The van der Waals surface area contributed by atoms with E-state index < -0.39 is 0 Å². The van der Waals surface area contributed by atoms with Crippen LogP contribution in [0.5, 0.6) is 0 Å². The Balaban J connectivity index is 2.60. The van der Waals surface area contributed by atoms with Crippen LogP contribution in [0.1, 0.15) is 25.7 Å². The lowest BCUT2D eigenvalue weighted by molar-refractivity contribution is 0.586. The van der Waals surface area contributed by atoms with E-state index in [1.807, 2.05) is 18.2 Å². The van der Waals surface area contributed by atoms with Crippen molar-refractivity contribution in [2.45, 2.75) is 25.2 Å². The maximum absolute atomic E-state index is 6.27. The van der Waals surface area contributed by atoms with E-state index in [-0.39, 0.29) is 6.04 Å². The third kappa shape index (κ3) is 2.63. The minimum absolute atomic E-state index is 0.280. The van der Waals surface area contributed by atoms with Crippen LogP contribution in [-0.2, 0) is 5.33 Å². The van der Waals surface area contributed by atoms with Gasteiger partial charge in [-0.15, -0.1) is 10.2 Å². The first-order valence-electron chi connectivity index (χ1n) is 5.49. The number of halogens is 3. The summed E-state index contributed by atoms with van der Waals surface area (Å²) in [6.07, 6.45) is 0. The highest BCUT2D eigenvalue weighted by atomic mass is 79.9. The second-order valence-corrected chi connectivity index (χ2v) is 6.04. The zero-order valence-electron chi connectivity index (χ0n) is 9.99. The summed E-state index contributed by atoms with van der Waals surface area (Å²) in [5.74, 6) is 1.70. The van der Waals surface area contributed by atoms with Crippen LogP contribution in [0, 0.1) is 0 Å². The van der Waals surface area contributed by atoms with Crippen LogP contribution in [-0.4, -0.2) is 14.8 Å². The van der Waals surface area contributed by atoms with E-state index in [0.29, 0.717) is 10.4 Å². The maximum atomic E-state index is 6.27. The fourth-order valence-corrected chi connectivity index (χ4v) is 2.95. The number of alkyl halides is 1. The summed E-state index contributed by atoms with van der Waals surface area (Å²) in [6.45, 7) is 4.21. The minimum atomic E-state index is 0.280. The normalized spacial score (nSPS) is 11.2. The van der Waals surface area contributed by atoms with Crippen molar-refractivity contribution >= 4 is 43.5 Å². The standard InChI is InChI=1S/C12H12Br2ClN3/c1-7(2)18-11(6-13)16-17-12(18)9-4-3-8(14)5-10(9)15/h3-5,7H,6H2,1-2H3. The fourth-order valence-electron chi connectivity index (χ4n) is 1.81. The molecule has 1 aromatic heterocycles. The number of nitrogens with zero attached hydrogens (tertiary/aromatic N) is 3. The molecule has 0 aliphatic heterocycles. The van der Waals surface area contributed by atoms with Crippen molar-refractivity contribution in [3.05, 3.63) is 33.5 Å². The van der Waals surface area contributed by atoms with E-state index in [1.165, 1.54) is 0 Å². The molecule has 96 valence electrons. The molecule has 1 aromatic carbocycles. The molecule has 0 amide bonds. The second kappa shape index (κ2) is 5.72. The Morgan fingerprint density at radius 2 is 2.06 bits per heavy atom. The molecule has 0 unspecified atom stereocenters. The van der Waals surface area contributed by atoms with E-state index >= 15 is 0 Å². The Labute approximate surface area is 128 Å². The monoisotopic (exact) mass is 391 g/mol. The van der Waals surface area contributed by atoms with Crippen molar-refractivity contribution in [2.75, 3.05) is 0 Å². The third-order valence-corrected chi connectivity index (χ3v) is 3.88. The number of hydrogen-bond acceptors (Lipinski definition) is 2. The average Bonchev–Trinajstić information content (AvgIpc) is 2.72. The molecular weight excluding hydrogens is 381 g/mol. The van der Waals surface area contributed by atoms with Crippen molar-refractivity contribution in [1.82, 2.24) is 14.8 Å².